The molecule has 0 aliphatic carbocycles. The second kappa shape index (κ2) is 7.77. The van der Waals surface area contributed by atoms with E-state index in [0.29, 0.717) is 17.3 Å². The monoisotopic (exact) mass is 386 g/mol. The van der Waals surface area contributed by atoms with Gasteiger partial charge in [-0.25, -0.2) is 0 Å². The van der Waals surface area contributed by atoms with Crippen molar-refractivity contribution in [2.75, 3.05) is 5.32 Å². The Bertz CT molecular complexity index is 1030. The lowest BCUT2D eigenvalue weighted by molar-refractivity contribution is 0.102. The third kappa shape index (κ3) is 3.98. The molecule has 0 spiro atoms. The van der Waals surface area contributed by atoms with E-state index in [2.05, 4.69) is 5.32 Å². The number of nitrogens with one attached hydrogen (secondary N) is 1. The van der Waals surface area contributed by atoms with E-state index < -0.39 is 5.91 Å². The van der Waals surface area contributed by atoms with E-state index in [1.54, 1.807) is 30.5 Å². The maximum absolute atomic E-state index is 12.7. The van der Waals surface area contributed by atoms with Crippen LogP contribution in [0.15, 0.2) is 65.6 Å². The van der Waals surface area contributed by atoms with E-state index in [-0.39, 0.29) is 16.1 Å². The molecule has 1 amide bonds. The number of carbonyl (C=O) groups excluding carboxylic acids is 1. The Morgan fingerprint density at radius 3 is 2.62 bits per heavy atom. The Morgan fingerprint density at radius 1 is 1.08 bits per heavy atom. The summed E-state index contributed by atoms with van der Waals surface area (Å²) >= 11 is 12.0. The largest absolute Gasteiger partial charge is 0.320 e. The molecule has 6 heteroatoms. The molecule has 0 saturated carbocycles. The summed E-state index contributed by atoms with van der Waals surface area (Å²) in [4.78, 5) is 25.2. The number of halogens is 2. The van der Waals surface area contributed by atoms with Crippen molar-refractivity contribution in [1.82, 2.24) is 4.57 Å². The van der Waals surface area contributed by atoms with Crippen LogP contribution < -0.4 is 10.9 Å². The first kappa shape index (κ1) is 18.2. The quantitative estimate of drug-likeness (QED) is 0.702. The number of pyridine rings is 1. The van der Waals surface area contributed by atoms with Crippen LogP contribution in [-0.4, -0.2) is 10.5 Å². The summed E-state index contributed by atoms with van der Waals surface area (Å²) in [5.74, 6) is -0.530. The Balaban J connectivity index is 1.88. The first-order valence-corrected chi connectivity index (χ1v) is 8.71. The van der Waals surface area contributed by atoms with Crippen LogP contribution in [0, 0.1) is 6.92 Å². The molecular formula is C20H16Cl2N2O2. The van der Waals surface area contributed by atoms with E-state index in [9.17, 15) is 9.59 Å². The smallest absolute Gasteiger partial charge is 0.263 e. The standard InChI is InChI=1S/C20H16Cl2N2O2/c1-13-5-2-6-14(11-13)12-24-10-4-7-15(20(24)26)19(25)23-17-9-3-8-16(21)18(17)22/h2-11H,12H2,1H3,(H,23,25). The van der Waals surface area contributed by atoms with E-state index in [1.807, 2.05) is 31.2 Å². The van der Waals surface area contributed by atoms with Gasteiger partial charge in [0.15, 0.2) is 0 Å². The van der Waals surface area contributed by atoms with E-state index in [0.717, 1.165) is 11.1 Å². The minimum Gasteiger partial charge on any atom is -0.320 e. The van der Waals surface area contributed by atoms with Crippen molar-refractivity contribution >= 4 is 34.8 Å². The first-order chi connectivity index (χ1) is 12.5. The lowest BCUT2D eigenvalue weighted by Crippen LogP contribution is -2.29. The molecular weight excluding hydrogens is 371 g/mol. The molecule has 1 heterocycles. The number of aryl methyl sites for hydroxylation is 1. The highest BCUT2D eigenvalue weighted by molar-refractivity contribution is 6.44. The molecule has 0 aliphatic rings. The highest BCUT2D eigenvalue weighted by Crippen LogP contribution is 2.29. The lowest BCUT2D eigenvalue weighted by Gasteiger charge is -2.10. The van der Waals surface area contributed by atoms with Crippen molar-refractivity contribution in [1.29, 1.82) is 0 Å². The summed E-state index contributed by atoms with van der Waals surface area (Å²) in [5.41, 5.74) is 2.13. The van der Waals surface area contributed by atoms with E-state index in [1.165, 1.54) is 10.6 Å². The molecule has 0 aliphatic heterocycles. The molecule has 26 heavy (non-hydrogen) atoms. The number of hydrogen-bond acceptors (Lipinski definition) is 2. The van der Waals surface area contributed by atoms with Gasteiger partial charge in [0.25, 0.3) is 11.5 Å². The predicted molar refractivity (Wildman–Crippen MR) is 105 cm³/mol. The van der Waals surface area contributed by atoms with Gasteiger partial charge in [0.1, 0.15) is 5.56 Å². The Hall–Kier alpha value is -2.56. The van der Waals surface area contributed by atoms with Gasteiger partial charge in [0.2, 0.25) is 0 Å². The molecule has 4 nitrogen and oxygen atoms in total. The molecule has 2 aromatic carbocycles. The van der Waals surface area contributed by atoms with Crippen LogP contribution in [0.5, 0.6) is 0 Å². The Morgan fingerprint density at radius 2 is 1.85 bits per heavy atom. The van der Waals surface area contributed by atoms with Crippen LogP contribution in [-0.2, 0) is 6.54 Å². The third-order valence-corrected chi connectivity index (χ3v) is 4.72. The number of carbonyl (C=O) groups is 1. The topological polar surface area (TPSA) is 51.1 Å². The summed E-state index contributed by atoms with van der Waals surface area (Å²) < 4.78 is 1.50. The van der Waals surface area contributed by atoms with Gasteiger partial charge >= 0.3 is 0 Å². The summed E-state index contributed by atoms with van der Waals surface area (Å²) in [6.45, 7) is 2.38. The fourth-order valence-electron chi connectivity index (χ4n) is 2.63. The number of aromatic nitrogens is 1. The SMILES string of the molecule is Cc1cccc(Cn2cccc(C(=O)Nc3cccc(Cl)c3Cl)c2=O)c1. The minimum atomic E-state index is -0.530. The molecule has 132 valence electrons. The number of amides is 1. The maximum atomic E-state index is 12.7. The normalized spacial score (nSPS) is 10.6. The van der Waals surface area contributed by atoms with Crippen LogP contribution in [0.1, 0.15) is 21.5 Å². The molecule has 0 saturated heterocycles. The third-order valence-electron chi connectivity index (χ3n) is 3.90. The summed E-state index contributed by atoms with van der Waals surface area (Å²) in [6, 6.07) is 16.0. The molecule has 1 N–H and O–H groups in total. The fraction of sp³-hybridized carbons (Fsp3) is 0.100. The van der Waals surface area contributed by atoms with E-state index >= 15 is 0 Å². The second-order valence-corrected chi connectivity index (χ2v) is 6.68. The number of rotatable bonds is 4. The zero-order valence-electron chi connectivity index (χ0n) is 14.0. The van der Waals surface area contributed by atoms with Crippen LogP contribution in [0.2, 0.25) is 10.0 Å². The first-order valence-electron chi connectivity index (χ1n) is 7.96. The average Bonchev–Trinajstić information content (AvgIpc) is 2.61. The van der Waals surface area contributed by atoms with Gasteiger partial charge < -0.3 is 9.88 Å². The molecule has 0 unspecified atom stereocenters. The molecule has 1 aromatic heterocycles. The van der Waals surface area contributed by atoms with E-state index in [4.69, 9.17) is 23.2 Å². The van der Waals surface area contributed by atoms with Crippen molar-refractivity contribution in [2.45, 2.75) is 13.5 Å². The predicted octanol–water partition coefficient (Wildman–Crippen LogP) is 4.76. The number of hydrogen-bond donors (Lipinski definition) is 1. The molecule has 3 aromatic rings. The minimum absolute atomic E-state index is 0.0381. The fourth-order valence-corrected chi connectivity index (χ4v) is 2.98. The highest BCUT2D eigenvalue weighted by atomic mass is 35.5. The van der Waals surface area contributed by atoms with Crippen LogP contribution in [0.3, 0.4) is 0 Å². The van der Waals surface area contributed by atoms with Crippen molar-refractivity contribution in [2.24, 2.45) is 0 Å². The Labute approximate surface area is 161 Å². The number of anilines is 1. The van der Waals surface area contributed by atoms with Gasteiger partial charge in [0, 0.05) is 6.20 Å². The van der Waals surface area contributed by atoms with Crippen LogP contribution >= 0.6 is 23.2 Å². The van der Waals surface area contributed by atoms with Crippen molar-refractivity contribution in [3.8, 4) is 0 Å². The zero-order valence-corrected chi connectivity index (χ0v) is 15.5. The summed E-state index contributed by atoms with van der Waals surface area (Å²) in [6.07, 6.45) is 1.66. The number of benzene rings is 2. The Kier molecular flexibility index (Phi) is 5.45. The lowest BCUT2D eigenvalue weighted by atomic mass is 10.1. The van der Waals surface area contributed by atoms with Gasteiger partial charge in [-0.05, 0) is 36.8 Å². The maximum Gasteiger partial charge on any atom is 0.263 e. The molecule has 0 bridgehead atoms. The molecule has 0 radical (unpaired) electrons. The van der Waals surface area contributed by atoms with Gasteiger partial charge in [-0.2, -0.15) is 0 Å². The summed E-state index contributed by atoms with van der Waals surface area (Å²) in [5, 5.41) is 3.20. The number of nitrogens with zero attached hydrogens (tertiary/aromatic N) is 1. The second-order valence-electron chi connectivity index (χ2n) is 5.90. The highest BCUT2D eigenvalue weighted by Gasteiger charge is 2.14. The van der Waals surface area contributed by atoms with Crippen LogP contribution in [0.4, 0.5) is 5.69 Å². The van der Waals surface area contributed by atoms with Gasteiger partial charge in [0.05, 0.1) is 22.3 Å². The molecule has 3 rings (SSSR count). The average molecular weight is 387 g/mol. The zero-order chi connectivity index (χ0) is 18.7. The summed E-state index contributed by atoms with van der Waals surface area (Å²) in [7, 11) is 0. The molecule has 0 fully saturated rings. The molecule has 0 atom stereocenters. The van der Waals surface area contributed by atoms with Gasteiger partial charge in [-0.1, -0.05) is 59.1 Å². The van der Waals surface area contributed by atoms with Crippen molar-refractivity contribution < 1.29 is 4.79 Å². The van der Waals surface area contributed by atoms with Crippen LogP contribution in [0.25, 0.3) is 0 Å². The van der Waals surface area contributed by atoms with Crippen molar-refractivity contribution in [3.63, 3.8) is 0 Å². The van der Waals surface area contributed by atoms with Gasteiger partial charge in [-0.15, -0.1) is 0 Å². The van der Waals surface area contributed by atoms with Gasteiger partial charge in [-0.3, -0.25) is 9.59 Å². The van der Waals surface area contributed by atoms with Crippen molar-refractivity contribution in [3.05, 3.63) is 97.9 Å².